The zero-order valence-electron chi connectivity index (χ0n) is 11.6. The van der Waals surface area contributed by atoms with E-state index in [0.29, 0.717) is 16.4 Å². The third-order valence-corrected chi connectivity index (χ3v) is 2.40. The molecule has 0 atom stereocenters. The molecule has 0 spiro atoms. The van der Waals surface area contributed by atoms with Crippen LogP contribution in [0.1, 0.15) is 19.3 Å². The second-order valence-electron chi connectivity index (χ2n) is 3.72. The van der Waals surface area contributed by atoms with E-state index in [2.05, 4.69) is 9.47 Å². The van der Waals surface area contributed by atoms with E-state index >= 15 is 0 Å². The molecule has 0 N–H and O–H groups in total. The van der Waals surface area contributed by atoms with Crippen molar-refractivity contribution in [3.05, 3.63) is 20.2 Å². The third kappa shape index (κ3) is 6.35. The van der Waals surface area contributed by atoms with Gasteiger partial charge in [-0.15, -0.1) is 0 Å². The summed E-state index contributed by atoms with van der Waals surface area (Å²) in [6, 6.07) is 0. The first-order valence-corrected chi connectivity index (χ1v) is 5.84. The topological polar surface area (TPSA) is 145 Å². The summed E-state index contributed by atoms with van der Waals surface area (Å²) in [6.07, 6.45) is -1.41. The molecule has 0 fully saturated rings. The van der Waals surface area contributed by atoms with E-state index in [1.807, 2.05) is 0 Å². The van der Waals surface area contributed by atoms with Crippen LogP contribution < -0.4 is 0 Å². The first-order chi connectivity index (χ1) is 9.84. The van der Waals surface area contributed by atoms with Crippen LogP contribution in [0, 0.1) is 20.2 Å². The zero-order valence-corrected chi connectivity index (χ0v) is 11.6. The van der Waals surface area contributed by atoms with Crippen LogP contribution in [0.15, 0.2) is 0 Å². The number of amides is 2. The highest BCUT2D eigenvalue weighted by molar-refractivity contribution is 5.66. The van der Waals surface area contributed by atoms with Crippen molar-refractivity contribution >= 4 is 12.2 Å². The van der Waals surface area contributed by atoms with Gasteiger partial charge in [-0.3, -0.25) is 0 Å². The maximum absolute atomic E-state index is 11.0. The zero-order chi connectivity index (χ0) is 16.4. The molecule has 0 saturated carbocycles. The van der Waals surface area contributed by atoms with Crippen LogP contribution in [0.25, 0.3) is 0 Å². The van der Waals surface area contributed by atoms with E-state index in [9.17, 15) is 29.8 Å². The molecule has 12 heteroatoms. The first kappa shape index (κ1) is 18.3. The minimum Gasteiger partial charge on any atom is -0.449 e. The van der Waals surface area contributed by atoms with Crippen molar-refractivity contribution in [2.75, 3.05) is 27.3 Å². The van der Waals surface area contributed by atoms with Gasteiger partial charge < -0.3 is 9.47 Å². The lowest BCUT2D eigenvalue weighted by atomic mass is 10.2. The van der Waals surface area contributed by atoms with Crippen molar-refractivity contribution in [3.63, 3.8) is 0 Å². The van der Waals surface area contributed by atoms with Crippen molar-refractivity contribution in [2.45, 2.75) is 19.3 Å². The Morgan fingerprint density at radius 1 is 0.857 bits per heavy atom. The molecule has 0 aromatic rings. The number of carbonyl (C=O) groups is 2. The smallest absolute Gasteiger partial charge is 0.449 e. The minimum absolute atomic E-state index is 0.198. The molecule has 0 bridgehead atoms. The number of ether oxygens (including phenoxy) is 2. The van der Waals surface area contributed by atoms with Crippen molar-refractivity contribution in [1.29, 1.82) is 0 Å². The fourth-order valence-corrected chi connectivity index (χ4v) is 1.39. The standard InChI is InChI=1S/C9H16N4O8/c1-20-8(14)10(12(16)17)6-4-3-5-7-11(13(18)19)9(15)21-2/h3-7H2,1-2H3. The van der Waals surface area contributed by atoms with Gasteiger partial charge >= 0.3 is 12.2 Å². The fraction of sp³-hybridized carbons (Fsp3) is 0.778. The van der Waals surface area contributed by atoms with Gasteiger partial charge in [0, 0.05) is 0 Å². The fourth-order valence-electron chi connectivity index (χ4n) is 1.39. The third-order valence-electron chi connectivity index (χ3n) is 2.40. The molecule has 2 amide bonds. The van der Waals surface area contributed by atoms with Crippen molar-refractivity contribution in [1.82, 2.24) is 10.0 Å². The number of rotatable bonds is 8. The number of methoxy groups -OCH3 is 2. The number of hydrogen-bond donors (Lipinski definition) is 0. The molecule has 120 valence electrons. The highest BCUT2D eigenvalue weighted by Crippen LogP contribution is 2.04. The molecule has 0 aliphatic heterocycles. The number of nitro groups is 2. The number of hydrogen-bond acceptors (Lipinski definition) is 8. The van der Waals surface area contributed by atoms with Crippen LogP contribution in [-0.4, -0.2) is 59.6 Å². The molecule has 0 aliphatic carbocycles. The first-order valence-electron chi connectivity index (χ1n) is 5.84. The number of hydrazine groups is 2. The van der Waals surface area contributed by atoms with Crippen LogP contribution in [0.3, 0.4) is 0 Å². The highest BCUT2D eigenvalue weighted by Gasteiger charge is 2.26. The molecule has 0 aromatic carbocycles. The van der Waals surface area contributed by atoms with E-state index in [0.717, 1.165) is 14.2 Å². The Morgan fingerprint density at radius 2 is 1.19 bits per heavy atom. The van der Waals surface area contributed by atoms with Crippen LogP contribution >= 0.6 is 0 Å². The molecule has 21 heavy (non-hydrogen) atoms. The maximum Gasteiger partial charge on any atom is 0.467 e. The maximum atomic E-state index is 11.0. The number of nitrogens with zero attached hydrogens (tertiary/aromatic N) is 4. The second-order valence-corrected chi connectivity index (χ2v) is 3.72. The largest absolute Gasteiger partial charge is 0.467 e. The van der Waals surface area contributed by atoms with Crippen LogP contribution in [0.2, 0.25) is 0 Å². The Kier molecular flexibility index (Phi) is 8.10. The van der Waals surface area contributed by atoms with Crippen LogP contribution in [-0.2, 0) is 9.47 Å². The molecule has 0 unspecified atom stereocenters. The Hall–Kier alpha value is -2.66. The van der Waals surface area contributed by atoms with Gasteiger partial charge in [-0.2, -0.15) is 0 Å². The van der Waals surface area contributed by atoms with Gasteiger partial charge in [-0.05, 0) is 29.3 Å². The summed E-state index contributed by atoms with van der Waals surface area (Å²) >= 11 is 0. The van der Waals surface area contributed by atoms with Crippen molar-refractivity contribution in [2.24, 2.45) is 0 Å². The SMILES string of the molecule is COC(=O)N(CCCCCN(C(=O)OC)[N+](=O)[O-])[N+](=O)[O-]. The lowest BCUT2D eigenvalue weighted by Gasteiger charge is -2.12. The average molecular weight is 308 g/mol. The van der Waals surface area contributed by atoms with E-state index < -0.39 is 22.3 Å². The number of carbonyl (C=O) groups excluding carboxylic acids is 2. The van der Waals surface area contributed by atoms with E-state index in [4.69, 9.17) is 0 Å². The lowest BCUT2D eigenvalue weighted by Crippen LogP contribution is -2.38. The summed E-state index contributed by atoms with van der Waals surface area (Å²) in [7, 11) is 2.04. The van der Waals surface area contributed by atoms with Crippen LogP contribution in [0.5, 0.6) is 0 Å². The van der Waals surface area contributed by atoms with Gasteiger partial charge in [0.25, 0.3) is 0 Å². The summed E-state index contributed by atoms with van der Waals surface area (Å²) < 4.78 is 8.47. The summed E-state index contributed by atoms with van der Waals surface area (Å²) in [5.74, 6) is 0. The van der Waals surface area contributed by atoms with Gasteiger partial charge in [0.1, 0.15) is 0 Å². The van der Waals surface area contributed by atoms with Gasteiger partial charge in [-0.25, -0.2) is 29.8 Å². The van der Waals surface area contributed by atoms with E-state index in [1.54, 1.807) is 0 Å². The highest BCUT2D eigenvalue weighted by atomic mass is 16.7. The molecule has 0 aromatic heterocycles. The quantitative estimate of drug-likeness (QED) is 0.361. The van der Waals surface area contributed by atoms with E-state index in [1.165, 1.54) is 0 Å². The van der Waals surface area contributed by atoms with Gasteiger partial charge in [0.05, 0.1) is 27.3 Å². The molecular formula is C9H16N4O8. The summed E-state index contributed by atoms with van der Waals surface area (Å²) in [5, 5.41) is 19.9. The van der Waals surface area contributed by atoms with Gasteiger partial charge in [0.2, 0.25) is 0 Å². The van der Waals surface area contributed by atoms with Gasteiger partial charge in [-0.1, -0.05) is 0 Å². The predicted molar refractivity (Wildman–Crippen MR) is 66.1 cm³/mol. The Labute approximate surface area is 119 Å². The van der Waals surface area contributed by atoms with E-state index in [-0.39, 0.29) is 25.9 Å². The normalized spacial score (nSPS) is 9.62. The average Bonchev–Trinajstić information content (AvgIpc) is 2.44. The Morgan fingerprint density at radius 3 is 1.43 bits per heavy atom. The van der Waals surface area contributed by atoms with Crippen molar-refractivity contribution in [3.8, 4) is 0 Å². The summed E-state index contributed by atoms with van der Waals surface area (Å²) in [6.45, 7) is -0.396. The molecule has 12 nitrogen and oxygen atoms in total. The molecule has 0 heterocycles. The summed E-state index contributed by atoms with van der Waals surface area (Å²) in [4.78, 5) is 43.2. The monoisotopic (exact) mass is 308 g/mol. The minimum atomic E-state index is -1.10. The molecule has 0 rings (SSSR count). The molecule has 0 aliphatic rings. The summed E-state index contributed by atoms with van der Waals surface area (Å²) in [5.41, 5.74) is 0. The van der Waals surface area contributed by atoms with Gasteiger partial charge in [0.15, 0.2) is 10.1 Å². The second kappa shape index (κ2) is 9.28. The molecule has 0 saturated heterocycles. The Bertz CT molecular complexity index is 365. The lowest BCUT2D eigenvalue weighted by molar-refractivity contribution is -0.636. The molecule has 0 radical (unpaired) electrons. The molecular weight excluding hydrogens is 292 g/mol. The Balaban J connectivity index is 4.14. The van der Waals surface area contributed by atoms with Crippen molar-refractivity contribution < 1.29 is 29.1 Å². The number of unbranched alkanes of at least 4 members (excludes halogenated alkanes) is 2. The van der Waals surface area contributed by atoms with Crippen LogP contribution in [0.4, 0.5) is 9.59 Å². The predicted octanol–water partition coefficient (Wildman–Crippen LogP) is 0.677.